The quantitative estimate of drug-likeness (QED) is 0.808. The van der Waals surface area contributed by atoms with E-state index in [0.717, 1.165) is 37.3 Å². The fourth-order valence-corrected chi connectivity index (χ4v) is 3.86. The van der Waals surface area contributed by atoms with E-state index in [4.69, 9.17) is 0 Å². The number of nitrogens with zero attached hydrogens (tertiary/aromatic N) is 4. The number of hydrogen-bond acceptors (Lipinski definition) is 4. The number of amides is 1. The summed E-state index contributed by atoms with van der Waals surface area (Å²) in [5, 5.41) is 0. The van der Waals surface area contributed by atoms with Crippen LogP contribution in [0.2, 0.25) is 0 Å². The van der Waals surface area contributed by atoms with Crippen LogP contribution in [-0.4, -0.2) is 51.4 Å². The van der Waals surface area contributed by atoms with Crippen molar-refractivity contribution in [1.29, 1.82) is 0 Å². The maximum Gasteiger partial charge on any atom is 0.257 e. The summed E-state index contributed by atoms with van der Waals surface area (Å²) in [6.45, 7) is 11.1. The van der Waals surface area contributed by atoms with Gasteiger partial charge in [0.25, 0.3) is 5.91 Å². The van der Waals surface area contributed by atoms with Crippen LogP contribution in [0.3, 0.4) is 0 Å². The first-order valence-electron chi connectivity index (χ1n) is 9.93. The molecule has 0 N–H and O–H groups in total. The molecule has 1 fully saturated rings. The van der Waals surface area contributed by atoms with Crippen molar-refractivity contribution >= 4 is 5.91 Å². The maximum absolute atomic E-state index is 13.2. The molecule has 3 rings (SSSR count). The van der Waals surface area contributed by atoms with Gasteiger partial charge in [-0.25, -0.2) is 14.4 Å². The second kappa shape index (κ2) is 8.78. The number of carbonyl (C=O) groups excluding carboxylic acids is 1. The van der Waals surface area contributed by atoms with Gasteiger partial charge in [-0.1, -0.05) is 26.0 Å². The fourth-order valence-electron chi connectivity index (χ4n) is 3.86. The van der Waals surface area contributed by atoms with Crippen molar-refractivity contribution in [2.24, 2.45) is 5.92 Å². The molecule has 0 radical (unpaired) electrons. The minimum Gasteiger partial charge on any atom is -0.337 e. The normalized spacial score (nSPS) is 18.4. The van der Waals surface area contributed by atoms with Crippen LogP contribution >= 0.6 is 0 Å². The Kier molecular flexibility index (Phi) is 6.39. The average Bonchev–Trinajstić information content (AvgIpc) is 2.86. The van der Waals surface area contributed by atoms with E-state index in [2.05, 4.69) is 28.7 Å². The molecule has 2 heterocycles. The highest BCUT2D eigenvalue weighted by Crippen LogP contribution is 2.22. The predicted octanol–water partition coefficient (Wildman–Crippen LogP) is 3.61. The van der Waals surface area contributed by atoms with Crippen molar-refractivity contribution in [2.45, 2.75) is 46.7 Å². The third-order valence-electron chi connectivity index (χ3n) is 5.44. The van der Waals surface area contributed by atoms with Gasteiger partial charge < -0.3 is 4.90 Å². The number of rotatable bonds is 4. The summed E-state index contributed by atoms with van der Waals surface area (Å²) in [6.07, 6.45) is 2.55. The third-order valence-corrected chi connectivity index (χ3v) is 5.44. The van der Waals surface area contributed by atoms with Gasteiger partial charge in [0.1, 0.15) is 11.6 Å². The van der Waals surface area contributed by atoms with Gasteiger partial charge in [0.2, 0.25) is 0 Å². The molecule has 150 valence electrons. The molecular weight excluding hydrogens is 355 g/mol. The molecule has 1 aliphatic rings. The minimum atomic E-state index is -0.215. The molecule has 0 unspecified atom stereocenters. The van der Waals surface area contributed by atoms with Crippen molar-refractivity contribution in [2.75, 3.05) is 19.6 Å². The van der Waals surface area contributed by atoms with E-state index in [0.29, 0.717) is 23.9 Å². The predicted molar refractivity (Wildman–Crippen MR) is 107 cm³/mol. The number of aromatic nitrogens is 2. The van der Waals surface area contributed by atoms with Crippen molar-refractivity contribution in [3.05, 3.63) is 58.9 Å². The molecule has 5 nitrogen and oxygen atoms in total. The van der Waals surface area contributed by atoms with E-state index in [1.54, 1.807) is 6.20 Å². The van der Waals surface area contributed by atoms with Gasteiger partial charge in [0.05, 0.1) is 11.3 Å². The molecule has 0 bridgehead atoms. The lowest BCUT2D eigenvalue weighted by Crippen LogP contribution is -2.45. The zero-order valence-electron chi connectivity index (χ0n) is 17.2. The lowest BCUT2D eigenvalue weighted by Gasteiger charge is -2.34. The van der Waals surface area contributed by atoms with Crippen LogP contribution in [0.15, 0.2) is 30.5 Å². The second-order valence-corrected chi connectivity index (χ2v) is 7.93. The molecule has 0 aliphatic carbocycles. The third kappa shape index (κ3) is 4.73. The van der Waals surface area contributed by atoms with E-state index in [1.165, 1.54) is 12.1 Å². The number of hydrogen-bond donors (Lipinski definition) is 0. The first-order chi connectivity index (χ1) is 13.3. The van der Waals surface area contributed by atoms with Crippen LogP contribution < -0.4 is 0 Å². The summed E-state index contributed by atoms with van der Waals surface area (Å²) in [5.74, 6) is 0.860. The Morgan fingerprint density at radius 1 is 1.21 bits per heavy atom. The van der Waals surface area contributed by atoms with Gasteiger partial charge in [-0.2, -0.15) is 0 Å². The summed E-state index contributed by atoms with van der Waals surface area (Å²) < 4.78 is 13.2. The Morgan fingerprint density at radius 2 is 1.93 bits per heavy atom. The van der Waals surface area contributed by atoms with E-state index in [1.807, 2.05) is 30.9 Å². The number of carbonyl (C=O) groups is 1. The highest BCUT2D eigenvalue weighted by molar-refractivity contribution is 5.95. The van der Waals surface area contributed by atoms with Gasteiger partial charge in [0.15, 0.2) is 0 Å². The van der Waals surface area contributed by atoms with Crippen LogP contribution in [-0.2, 0) is 6.54 Å². The van der Waals surface area contributed by atoms with Gasteiger partial charge in [0, 0.05) is 38.4 Å². The summed E-state index contributed by atoms with van der Waals surface area (Å²) in [6, 6.07) is 6.94. The van der Waals surface area contributed by atoms with Crippen LogP contribution in [0.1, 0.15) is 47.7 Å². The Balaban J connectivity index is 1.78. The lowest BCUT2D eigenvalue weighted by molar-refractivity contribution is 0.0700. The number of benzene rings is 1. The highest BCUT2D eigenvalue weighted by atomic mass is 19.1. The molecule has 1 saturated heterocycles. The lowest BCUT2D eigenvalue weighted by atomic mass is 10.0. The van der Waals surface area contributed by atoms with E-state index in [9.17, 15) is 9.18 Å². The average molecular weight is 384 g/mol. The first-order valence-corrected chi connectivity index (χ1v) is 9.93. The van der Waals surface area contributed by atoms with Crippen LogP contribution in [0, 0.1) is 25.6 Å². The fraction of sp³-hybridized carbons (Fsp3) is 0.500. The molecule has 1 aromatic carbocycles. The largest absolute Gasteiger partial charge is 0.337 e. The van der Waals surface area contributed by atoms with E-state index >= 15 is 0 Å². The molecule has 6 heteroatoms. The number of halogens is 1. The molecule has 1 amide bonds. The van der Waals surface area contributed by atoms with Gasteiger partial charge in [-0.3, -0.25) is 9.69 Å². The molecule has 0 spiro atoms. The highest BCUT2D eigenvalue weighted by Gasteiger charge is 2.30. The van der Waals surface area contributed by atoms with E-state index in [-0.39, 0.29) is 17.8 Å². The van der Waals surface area contributed by atoms with Gasteiger partial charge in [-0.05, 0) is 43.9 Å². The van der Waals surface area contributed by atoms with Gasteiger partial charge >= 0.3 is 0 Å². The Labute approximate surface area is 166 Å². The Hall–Kier alpha value is -2.34. The molecule has 1 aromatic heterocycles. The topological polar surface area (TPSA) is 49.3 Å². The molecule has 2 aromatic rings. The summed E-state index contributed by atoms with van der Waals surface area (Å²) in [4.78, 5) is 26.1. The maximum atomic E-state index is 13.2. The zero-order chi connectivity index (χ0) is 20.3. The molecular formula is C22H29FN4O. The zero-order valence-corrected chi connectivity index (χ0v) is 17.2. The molecule has 0 saturated carbocycles. The van der Waals surface area contributed by atoms with E-state index < -0.39 is 0 Å². The Bertz CT molecular complexity index is 822. The molecule has 28 heavy (non-hydrogen) atoms. The van der Waals surface area contributed by atoms with Crippen LogP contribution in [0.4, 0.5) is 4.39 Å². The molecule has 1 aliphatic heterocycles. The second-order valence-electron chi connectivity index (χ2n) is 7.93. The van der Waals surface area contributed by atoms with Crippen molar-refractivity contribution in [3.8, 4) is 0 Å². The first kappa shape index (κ1) is 20.4. The van der Waals surface area contributed by atoms with Crippen LogP contribution in [0.25, 0.3) is 0 Å². The standard InChI is InChI=1S/C22H29FN4O/c1-15(2)21-14-27(22(28)20-12-24-17(4)25-16(20)3)11-5-10-26(21)13-18-6-8-19(23)9-7-18/h6-9,12,15,21H,5,10-11,13-14H2,1-4H3/t21-/m1/s1. The van der Waals surface area contributed by atoms with Crippen molar-refractivity contribution < 1.29 is 9.18 Å². The Morgan fingerprint density at radius 3 is 2.57 bits per heavy atom. The molecule has 1 atom stereocenters. The van der Waals surface area contributed by atoms with Gasteiger partial charge in [-0.15, -0.1) is 0 Å². The summed E-state index contributed by atoms with van der Waals surface area (Å²) >= 11 is 0. The summed E-state index contributed by atoms with van der Waals surface area (Å²) in [5.41, 5.74) is 2.40. The monoisotopic (exact) mass is 384 g/mol. The van der Waals surface area contributed by atoms with Crippen LogP contribution in [0.5, 0.6) is 0 Å². The smallest absolute Gasteiger partial charge is 0.257 e. The number of aryl methyl sites for hydroxylation is 2. The van der Waals surface area contributed by atoms with Crippen molar-refractivity contribution in [3.63, 3.8) is 0 Å². The van der Waals surface area contributed by atoms with Crippen molar-refractivity contribution in [1.82, 2.24) is 19.8 Å². The minimum absolute atomic E-state index is 0.00628. The summed E-state index contributed by atoms with van der Waals surface area (Å²) in [7, 11) is 0. The SMILES string of the molecule is Cc1ncc(C(=O)N2CCCN(Cc3ccc(F)cc3)[C@@H](C(C)C)C2)c(C)n1.